The standard InChI is InChI=1S/C40H39N3O6S/c1-27(45)42-32-17-21-37(22-18-32)50-26-36-23-38(30-11-9-29(25-44)10-12-30)49-39(48-36)31-13-7-28(8-14-31)24-41-40(46)43-33-15-19-35(20-16-33)47-34-5-3-2-4-6-34/h2-22,36,38-39,44H,23-26H2,1H3,(H,42,45)(H2,41,43,46)/t36-,38+,39+/m0/s1. The molecule has 3 atom stereocenters. The van der Waals surface area contributed by atoms with E-state index < -0.39 is 6.29 Å². The van der Waals surface area contributed by atoms with Crippen LogP contribution in [0.1, 0.15) is 48.0 Å². The number of carbonyl (C=O) groups is 2. The molecule has 0 aromatic heterocycles. The Morgan fingerprint density at radius 3 is 2.04 bits per heavy atom. The van der Waals surface area contributed by atoms with Crippen molar-refractivity contribution < 1.29 is 28.9 Å². The first-order chi connectivity index (χ1) is 24.4. The second-order valence-corrected chi connectivity index (χ2v) is 12.9. The number of hydrogen-bond donors (Lipinski definition) is 4. The van der Waals surface area contributed by atoms with Crippen LogP contribution in [0.2, 0.25) is 0 Å². The zero-order valence-electron chi connectivity index (χ0n) is 27.6. The molecule has 6 rings (SSSR count). The average Bonchev–Trinajstić information content (AvgIpc) is 3.15. The normalized spacial score (nSPS) is 17.0. The molecule has 0 saturated carbocycles. The molecule has 1 saturated heterocycles. The van der Waals surface area contributed by atoms with E-state index in [4.69, 9.17) is 14.2 Å². The van der Waals surface area contributed by atoms with Crippen LogP contribution in [0, 0.1) is 0 Å². The van der Waals surface area contributed by atoms with E-state index in [0.29, 0.717) is 30.2 Å². The van der Waals surface area contributed by atoms with Crippen molar-refractivity contribution in [3.05, 3.63) is 150 Å². The van der Waals surface area contributed by atoms with Crippen LogP contribution in [0.3, 0.4) is 0 Å². The number of aliphatic hydroxyl groups excluding tert-OH is 1. The molecule has 0 spiro atoms. The minimum absolute atomic E-state index is 0.0158. The van der Waals surface area contributed by atoms with Gasteiger partial charge in [0, 0.05) is 47.5 Å². The highest BCUT2D eigenvalue weighted by Gasteiger charge is 2.32. The van der Waals surface area contributed by atoms with Gasteiger partial charge in [-0.05, 0) is 77.4 Å². The van der Waals surface area contributed by atoms with Crippen molar-refractivity contribution in [3.63, 3.8) is 0 Å². The third-order valence-corrected chi connectivity index (χ3v) is 9.17. The Hall–Kier alpha value is -5.13. The average molecular weight is 690 g/mol. The minimum Gasteiger partial charge on any atom is -0.457 e. The molecule has 0 unspecified atom stereocenters. The number of hydrogen-bond acceptors (Lipinski definition) is 7. The number of aliphatic hydroxyl groups is 1. The van der Waals surface area contributed by atoms with Crippen molar-refractivity contribution in [2.75, 3.05) is 16.4 Å². The molecule has 50 heavy (non-hydrogen) atoms. The van der Waals surface area contributed by atoms with Gasteiger partial charge in [0.2, 0.25) is 5.91 Å². The topological polar surface area (TPSA) is 118 Å². The summed E-state index contributed by atoms with van der Waals surface area (Å²) in [7, 11) is 0. The van der Waals surface area contributed by atoms with E-state index in [0.717, 1.165) is 38.6 Å². The lowest BCUT2D eigenvalue weighted by atomic mass is 10.0. The fraction of sp³-hybridized carbons (Fsp3) is 0.200. The van der Waals surface area contributed by atoms with E-state index in [-0.39, 0.29) is 30.8 Å². The lowest BCUT2D eigenvalue weighted by molar-refractivity contribution is -0.245. The molecule has 0 radical (unpaired) electrons. The van der Waals surface area contributed by atoms with Crippen molar-refractivity contribution in [1.29, 1.82) is 0 Å². The molecule has 1 aliphatic rings. The first-order valence-electron chi connectivity index (χ1n) is 16.4. The van der Waals surface area contributed by atoms with Crippen molar-refractivity contribution in [1.82, 2.24) is 5.32 Å². The van der Waals surface area contributed by atoms with Crippen LogP contribution in [0.4, 0.5) is 16.2 Å². The predicted octanol–water partition coefficient (Wildman–Crippen LogP) is 8.59. The molecule has 1 aliphatic heterocycles. The summed E-state index contributed by atoms with van der Waals surface area (Å²) in [6, 6.07) is 39.8. The summed E-state index contributed by atoms with van der Waals surface area (Å²) in [5.41, 5.74) is 5.08. The summed E-state index contributed by atoms with van der Waals surface area (Å²) in [5.74, 6) is 2.03. The minimum atomic E-state index is -0.585. The molecule has 1 heterocycles. The number of para-hydroxylation sites is 1. The number of nitrogens with one attached hydrogen (secondary N) is 3. The SMILES string of the molecule is CC(=O)Nc1ccc(SC[C@@H]2C[C@H](c3ccc(CO)cc3)O[C@H](c3ccc(CNC(=O)Nc4ccc(Oc5ccccc5)cc4)cc3)O2)cc1. The fourth-order valence-electron chi connectivity index (χ4n) is 5.43. The maximum absolute atomic E-state index is 12.6. The Kier molecular flexibility index (Phi) is 11.8. The van der Waals surface area contributed by atoms with E-state index in [1.165, 1.54) is 6.92 Å². The summed E-state index contributed by atoms with van der Waals surface area (Å²) in [5, 5.41) is 18.1. The third-order valence-electron chi connectivity index (χ3n) is 8.02. The highest BCUT2D eigenvalue weighted by molar-refractivity contribution is 7.99. The second kappa shape index (κ2) is 17.0. The number of anilines is 2. The van der Waals surface area contributed by atoms with Gasteiger partial charge in [0.15, 0.2) is 6.29 Å². The van der Waals surface area contributed by atoms with Gasteiger partial charge in [0.1, 0.15) is 11.5 Å². The number of rotatable bonds is 12. The first kappa shape index (κ1) is 34.7. The zero-order valence-corrected chi connectivity index (χ0v) is 28.4. The lowest BCUT2D eigenvalue weighted by Gasteiger charge is -2.36. The summed E-state index contributed by atoms with van der Waals surface area (Å²) >= 11 is 1.69. The van der Waals surface area contributed by atoms with Gasteiger partial charge in [-0.2, -0.15) is 0 Å². The van der Waals surface area contributed by atoms with Crippen molar-refractivity contribution in [2.45, 2.75) is 49.9 Å². The van der Waals surface area contributed by atoms with Gasteiger partial charge >= 0.3 is 6.03 Å². The van der Waals surface area contributed by atoms with Gasteiger partial charge in [0.05, 0.1) is 18.8 Å². The van der Waals surface area contributed by atoms with E-state index >= 15 is 0 Å². The van der Waals surface area contributed by atoms with Crippen LogP contribution in [-0.4, -0.2) is 28.9 Å². The largest absolute Gasteiger partial charge is 0.457 e. The van der Waals surface area contributed by atoms with Gasteiger partial charge in [-0.3, -0.25) is 4.79 Å². The third kappa shape index (κ3) is 9.96. The lowest BCUT2D eigenvalue weighted by Crippen LogP contribution is -2.31. The molecule has 10 heteroatoms. The van der Waals surface area contributed by atoms with Crippen molar-refractivity contribution in [2.24, 2.45) is 0 Å². The quantitative estimate of drug-likeness (QED) is 0.0970. The van der Waals surface area contributed by atoms with Crippen LogP contribution < -0.4 is 20.7 Å². The monoisotopic (exact) mass is 689 g/mol. The Bertz CT molecular complexity index is 1840. The van der Waals surface area contributed by atoms with Gasteiger partial charge in [-0.1, -0.05) is 66.7 Å². The number of amides is 3. The van der Waals surface area contributed by atoms with Crippen molar-refractivity contribution in [3.8, 4) is 11.5 Å². The molecular weight excluding hydrogens is 651 g/mol. The van der Waals surface area contributed by atoms with Crippen LogP contribution in [-0.2, 0) is 27.4 Å². The highest BCUT2D eigenvalue weighted by Crippen LogP contribution is 2.39. The molecule has 0 bridgehead atoms. The number of ether oxygens (including phenoxy) is 3. The summed E-state index contributed by atoms with van der Waals surface area (Å²) in [6.07, 6.45) is -0.206. The van der Waals surface area contributed by atoms with E-state index in [1.54, 1.807) is 36.0 Å². The van der Waals surface area contributed by atoms with Gasteiger partial charge in [-0.25, -0.2) is 4.79 Å². The van der Waals surface area contributed by atoms with Crippen LogP contribution in [0.5, 0.6) is 11.5 Å². The van der Waals surface area contributed by atoms with E-state index in [9.17, 15) is 14.7 Å². The maximum Gasteiger partial charge on any atom is 0.319 e. The summed E-state index contributed by atoms with van der Waals surface area (Å²) in [4.78, 5) is 25.1. The first-order valence-corrected chi connectivity index (χ1v) is 17.4. The molecule has 5 aromatic carbocycles. The molecule has 1 fully saturated rings. The molecular formula is C40H39N3O6S. The molecule has 0 aliphatic carbocycles. The number of urea groups is 1. The smallest absolute Gasteiger partial charge is 0.319 e. The molecule has 9 nitrogen and oxygen atoms in total. The Labute approximate surface area is 296 Å². The van der Waals surface area contributed by atoms with E-state index in [2.05, 4.69) is 16.0 Å². The molecule has 256 valence electrons. The van der Waals surface area contributed by atoms with Crippen LogP contribution in [0.25, 0.3) is 0 Å². The maximum atomic E-state index is 12.6. The van der Waals surface area contributed by atoms with Gasteiger partial charge in [0.25, 0.3) is 0 Å². The zero-order chi connectivity index (χ0) is 34.7. The second-order valence-electron chi connectivity index (χ2n) is 11.9. The summed E-state index contributed by atoms with van der Waals surface area (Å²) in [6.45, 7) is 1.82. The number of thioether (sulfide) groups is 1. The van der Waals surface area contributed by atoms with Crippen LogP contribution >= 0.6 is 11.8 Å². The number of benzene rings is 5. The Morgan fingerprint density at radius 2 is 1.36 bits per heavy atom. The highest BCUT2D eigenvalue weighted by atomic mass is 32.2. The van der Waals surface area contributed by atoms with E-state index in [1.807, 2.05) is 103 Å². The Balaban J connectivity index is 1.05. The Morgan fingerprint density at radius 1 is 0.740 bits per heavy atom. The molecule has 4 N–H and O–H groups in total. The van der Waals surface area contributed by atoms with Gasteiger partial charge < -0.3 is 35.3 Å². The predicted molar refractivity (Wildman–Crippen MR) is 195 cm³/mol. The van der Waals surface area contributed by atoms with Crippen molar-refractivity contribution >= 4 is 35.1 Å². The molecule has 5 aromatic rings. The number of carbonyl (C=O) groups excluding carboxylic acids is 2. The fourth-order valence-corrected chi connectivity index (χ4v) is 6.35. The van der Waals surface area contributed by atoms with Crippen LogP contribution in [0.15, 0.2) is 132 Å². The van der Waals surface area contributed by atoms with Gasteiger partial charge in [-0.15, -0.1) is 11.8 Å². The summed E-state index contributed by atoms with van der Waals surface area (Å²) < 4.78 is 18.8. The molecule has 3 amide bonds.